The van der Waals surface area contributed by atoms with Crippen molar-refractivity contribution in [3.63, 3.8) is 0 Å². The summed E-state index contributed by atoms with van der Waals surface area (Å²) in [6.45, 7) is 14.9. The number of likely N-dealkylation sites (N-methyl/N-ethyl adjacent to an activating group) is 1. The van der Waals surface area contributed by atoms with E-state index in [1.54, 1.807) is 7.05 Å². The Labute approximate surface area is 307 Å². The van der Waals surface area contributed by atoms with Crippen LogP contribution in [0.5, 0.6) is 0 Å². The van der Waals surface area contributed by atoms with Crippen molar-refractivity contribution in [3.05, 3.63) is 0 Å². The molecule has 2 saturated carbocycles. The van der Waals surface area contributed by atoms with E-state index in [1.165, 1.54) is 44.4 Å². The van der Waals surface area contributed by atoms with Gasteiger partial charge < -0.3 is 30.7 Å². The molecule has 3 rings (SSSR count). The second-order valence-corrected chi connectivity index (χ2v) is 16.7. The third kappa shape index (κ3) is 10.8. The van der Waals surface area contributed by atoms with Crippen molar-refractivity contribution >= 4 is 29.4 Å². The van der Waals surface area contributed by atoms with Crippen molar-refractivity contribution in [2.75, 3.05) is 13.7 Å². The lowest BCUT2D eigenvalue weighted by atomic mass is 9.56. The number of ketones is 1. The van der Waals surface area contributed by atoms with Crippen LogP contribution in [-0.4, -0.2) is 88.9 Å². The second kappa shape index (κ2) is 19.0. The number of carbonyl (C=O) groups is 5. The van der Waals surface area contributed by atoms with Gasteiger partial charge in [-0.2, -0.15) is 0 Å². The minimum absolute atomic E-state index is 0.0654. The molecule has 0 radical (unpaired) electrons. The largest absolute Gasteiger partial charge is 0.391 e. The van der Waals surface area contributed by atoms with E-state index in [2.05, 4.69) is 22.9 Å². The SMILES string of the molecule is CCC(C)C(NC(=O)[C@H](C(C)CC)N(C)C(C)=O)C(=O)N[C@H](C(=O)N[C@H]1CC(C)C2CCCCCCCCCCC1(C(=O)[C@@]1(C)CO1)C2)C(C)O. The molecule has 2 aliphatic carbocycles. The number of ether oxygens (including phenoxy) is 1. The zero-order valence-corrected chi connectivity index (χ0v) is 33.1. The van der Waals surface area contributed by atoms with E-state index < -0.39 is 59.0 Å². The van der Waals surface area contributed by atoms with Crippen LogP contribution >= 0.6 is 0 Å². The highest BCUT2D eigenvalue weighted by Gasteiger charge is 2.61. The summed E-state index contributed by atoms with van der Waals surface area (Å²) in [6, 6.07) is -3.57. The maximum Gasteiger partial charge on any atom is 0.245 e. The molecule has 51 heavy (non-hydrogen) atoms. The molecular weight excluding hydrogens is 648 g/mol. The number of nitrogens with zero attached hydrogens (tertiary/aromatic N) is 1. The predicted molar refractivity (Wildman–Crippen MR) is 198 cm³/mol. The van der Waals surface area contributed by atoms with Gasteiger partial charge >= 0.3 is 0 Å². The van der Waals surface area contributed by atoms with Crippen molar-refractivity contribution in [1.82, 2.24) is 20.9 Å². The lowest BCUT2D eigenvalue weighted by Gasteiger charge is -2.50. The zero-order chi connectivity index (χ0) is 38.1. The van der Waals surface area contributed by atoms with E-state index in [9.17, 15) is 29.1 Å². The molecule has 3 aliphatic rings. The number of amides is 4. The van der Waals surface area contributed by atoms with E-state index in [-0.39, 0.29) is 29.4 Å². The molecule has 0 aromatic heterocycles. The number of epoxide rings is 1. The van der Waals surface area contributed by atoms with Crippen LogP contribution in [-0.2, 0) is 28.7 Å². The number of Topliss-reactive ketones (excluding diaryl/α,β-unsaturated/α-hetero) is 1. The number of aliphatic hydroxyl groups is 1. The van der Waals surface area contributed by atoms with Crippen molar-refractivity contribution < 1.29 is 33.8 Å². The fourth-order valence-corrected chi connectivity index (χ4v) is 8.58. The van der Waals surface area contributed by atoms with E-state index in [1.807, 2.05) is 34.6 Å². The van der Waals surface area contributed by atoms with E-state index in [0.29, 0.717) is 44.6 Å². The Morgan fingerprint density at radius 2 is 1.39 bits per heavy atom. The van der Waals surface area contributed by atoms with E-state index >= 15 is 0 Å². The first kappa shape index (κ1) is 42.9. The third-order valence-electron chi connectivity index (χ3n) is 12.7. The number of rotatable bonds is 14. The molecule has 3 fully saturated rings. The van der Waals surface area contributed by atoms with Gasteiger partial charge in [0.05, 0.1) is 18.1 Å². The van der Waals surface area contributed by atoms with Crippen LogP contribution in [0.25, 0.3) is 0 Å². The van der Waals surface area contributed by atoms with Gasteiger partial charge in [0, 0.05) is 20.0 Å². The number of aliphatic hydroxyl groups excluding tert-OH is 1. The molecule has 11 nitrogen and oxygen atoms in total. The minimum Gasteiger partial charge on any atom is -0.391 e. The van der Waals surface area contributed by atoms with Crippen LogP contribution in [0, 0.1) is 29.1 Å². The molecule has 11 heteroatoms. The first-order valence-corrected chi connectivity index (χ1v) is 20.0. The number of nitrogens with one attached hydrogen (secondary N) is 3. The van der Waals surface area contributed by atoms with Crippen LogP contribution in [0.4, 0.5) is 0 Å². The topological polar surface area (TPSA) is 157 Å². The van der Waals surface area contributed by atoms with Gasteiger partial charge in [0.15, 0.2) is 5.78 Å². The van der Waals surface area contributed by atoms with Gasteiger partial charge in [-0.25, -0.2) is 0 Å². The predicted octanol–water partition coefficient (Wildman–Crippen LogP) is 5.07. The Bertz CT molecular complexity index is 1210. The van der Waals surface area contributed by atoms with Crippen LogP contribution in [0.3, 0.4) is 0 Å². The first-order valence-electron chi connectivity index (χ1n) is 20.0. The van der Waals surface area contributed by atoms with Crippen molar-refractivity contribution in [1.29, 1.82) is 0 Å². The second-order valence-electron chi connectivity index (χ2n) is 16.7. The minimum atomic E-state index is -1.31. The summed E-state index contributed by atoms with van der Waals surface area (Å²) in [6.07, 6.45) is 12.1. The van der Waals surface area contributed by atoms with Crippen LogP contribution in [0.2, 0.25) is 0 Å². The Morgan fingerprint density at radius 1 is 0.843 bits per heavy atom. The fraction of sp³-hybridized carbons (Fsp3) is 0.875. The Kier molecular flexibility index (Phi) is 16.0. The fourth-order valence-electron chi connectivity index (χ4n) is 8.58. The summed E-state index contributed by atoms with van der Waals surface area (Å²) < 4.78 is 5.75. The van der Waals surface area contributed by atoms with E-state index in [4.69, 9.17) is 4.74 Å². The van der Waals surface area contributed by atoms with Crippen molar-refractivity contribution in [2.45, 2.75) is 181 Å². The maximum absolute atomic E-state index is 14.5. The molecular formula is C40H70N4O7. The molecule has 1 saturated heterocycles. The average Bonchev–Trinajstić information content (AvgIpc) is 3.84. The highest BCUT2D eigenvalue weighted by Crippen LogP contribution is 2.52. The van der Waals surface area contributed by atoms with Gasteiger partial charge in [0.25, 0.3) is 0 Å². The van der Waals surface area contributed by atoms with Crippen molar-refractivity contribution in [2.24, 2.45) is 29.1 Å². The molecule has 0 aromatic rings. The Hall–Kier alpha value is -2.53. The first-order chi connectivity index (χ1) is 24.0. The van der Waals surface area contributed by atoms with Crippen LogP contribution in [0.1, 0.15) is 145 Å². The van der Waals surface area contributed by atoms with Crippen LogP contribution < -0.4 is 16.0 Å². The normalized spacial score (nSPS) is 30.7. The molecule has 0 spiro atoms. The number of carbonyl (C=O) groups excluding carboxylic acids is 5. The number of fused-ring (bicyclic) bond motifs is 2. The molecule has 7 unspecified atom stereocenters. The molecule has 4 N–H and O–H groups in total. The molecule has 1 aliphatic heterocycles. The lowest BCUT2D eigenvalue weighted by molar-refractivity contribution is -0.144. The quantitative estimate of drug-likeness (QED) is 0.183. The monoisotopic (exact) mass is 719 g/mol. The lowest BCUT2D eigenvalue weighted by Crippen LogP contribution is -2.64. The smallest absolute Gasteiger partial charge is 0.245 e. The molecule has 2 bridgehead atoms. The summed E-state index contributed by atoms with van der Waals surface area (Å²) in [5.41, 5.74) is -1.66. The van der Waals surface area contributed by atoms with Gasteiger partial charge in [0.2, 0.25) is 23.6 Å². The summed E-state index contributed by atoms with van der Waals surface area (Å²) in [5, 5.41) is 19.8. The van der Waals surface area contributed by atoms with Gasteiger partial charge in [-0.15, -0.1) is 0 Å². The molecule has 0 aromatic carbocycles. The van der Waals surface area contributed by atoms with Crippen LogP contribution in [0.15, 0.2) is 0 Å². The average molecular weight is 719 g/mol. The highest BCUT2D eigenvalue weighted by atomic mass is 16.6. The standard InChI is InChI=1S/C40H70N4O7/c1-10-25(3)32(42-37(49)34(26(4)11-2)44(9)29(7)46)35(47)43-33(28(6)45)36(48)41-31-22-27(5)30-20-18-16-14-12-13-15-17-19-21-40(31,23-30)38(50)39(8)24-51-39/h25-28,30-34,45H,10-24H2,1-9H3,(H,41,48)(H,42,49)(H,43,47)/t25?,26?,27?,28?,30?,31-,32?,33-,34-,39+,40?/m0/s1. The zero-order valence-electron chi connectivity index (χ0n) is 33.1. The Morgan fingerprint density at radius 3 is 1.92 bits per heavy atom. The van der Waals surface area contributed by atoms with Crippen molar-refractivity contribution in [3.8, 4) is 0 Å². The van der Waals surface area contributed by atoms with Gasteiger partial charge in [-0.3, -0.25) is 24.0 Å². The van der Waals surface area contributed by atoms with Gasteiger partial charge in [-0.05, 0) is 56.8 Å². The molecule has 292 valence electrons. The summed E-state index contributed by atoms with van der Waals surface area (Å²) >= 11 is 0. The molecule has 11 atom stereocenters. The summed E-state index contributed by atoms with van der Waals surface area (Å²) in [5.74, 6) is -1.59. The maximum atomic E-state index is 14.5. The number of hydrogen-bond acceptors (Lipinski definition) is 7. The van der Waals surface area contributed by atoms with Gasteiger partial charge in [0.1, 0.15) is 23.7 Å². The summed E-state index contributed by atoms with van der Waals surface area (Å²) in [4.78, 5) is 70.1. The third-order valence-corrected chi connectivity index (χ3v) is 12.7. The highest BCUT2D eigenvalue weighted by molar-refractivity contribution is 5.97. The van der Waals surface area contributed by atoms with E-state index in [0.717, 1.165) is 32.1 Å². The Balaban J connectivity index is 1.89. The molecule has 1 heterocycles. The summed E-state index contributed by atoms with van der Waals surface area (Å²) in [7, 11) is 1.58. The van der Waals surface area contributed by atoms with Gasteiger partial charge in [-0.1, -0.05) is 105 Å². The number of hydrogen-bond donors (Lipinski definition) is 4. The molecule has 4 amide bonds.